The minimum absolute atomic E-state index is 0.0690. The average Bonchev–Trinajstić information content (AvgIpc) is 2.73. The van der Waals surface area contributed by atoms with E-state index in [-0.39, 0.29) is 17.4 Å². The summed E-state index contributed by atoms with van der Waals surface area (Å²) in [4.78, 5) is 14.2. The van der Waals surface area contributed by atoms with Crippen LogP contribution in [0.4, 0.5) is 0 Å². The number of halogens is 1. The zero-order valence-corrected chi connectivity index (χ0v) is 16.9. The molecule has 0 aromatic heterocycles. The lowest BCUT2D eigenvalue weighted by Gasteiger charge is -2.40. The van der Waals surface area contributed by atoms with Gasteiger partial charge in [-0.3, -0.25) is 10.2 Å². The number of hydrogen-bond acceptors (Lipinski definition) is 4. The van der Waals surface area contributed by atoms with Crippen molar-refractivity contribution in [2.75, 3.05) is 32.8 Å². The number of nitrogens with two attached hydrogens (primary N) is 1. The molecule has 28 heavy (non-hydrogen) atoms. The van der Waals surface area contributed by atoms with E-state index in [9.17, 15) is 4.79 Å². The molecule has 1 aliphatic carbocycles. The summed E-state index contributed by atoms with van der Waals surface area (Å²) in [5.41, 5.74) is 7.26. The van der Waals surface area contributed by atoms with Gasteiger partial charge in [-0.25, -0.2) is 0 Å². The third-order valence-corrected chi connectivity index (χ3v) is 6.10. The molecule has 0 spiro atoms. The molecule has 1 aliphatic heterocycles. The largest absolute Gasteiger partial charge is 0.378 e. The molecule has 0 unspecified atom stereocenters. The maximum atomic E-state index is 12.3. The van der Waals surface area contributed by atoms with Crippen molar-refractivity contribution in [3.63, 3.8) is 0 Å². The first kappa shape index (κ1) is 20.8. The highest BCUT2D eigenvalue weighted by atomic mass is 35.5. The summed E-state index contributed by atoms with van der Waals surface area (Å²) in [6.45, 7) is 3.21. The minimum Gasteiger partial charge on any atom is -0.378 e. The molecular weight excluding hydrogens is 376 g/mol. The van der Waals surface area contributed by atoms with Crippen molar-refractivity contribution in [3.05, 3.63) is 47.0 Å². The number of ether oxygens (including phenoxy) is 1. The molecule has 6 nitrogen and oxygen atoms in total. The molecule has 1 aromatic rings. The Kier molecular flexibility index (Phi) is 7.10. The van der Waals surface area contributed by atoms with Gasteiger partial charge in [0.15, 0.2) is 0 Å². The summed E-state index contributed by atoms with van der Waals surface area (Å²) in [6.07, 6.45) is 6.62. The standard InChI is InChI=1S/C21H29ClN4O2/c22-17-3-1-2-16(14-17)21(15-23)8-6-18(7-9-21)25-20(27)5-4-19(24)26-10-12-28-13-11-26/h1-5,14,18,24H,6-13,15,23H2,(H,25,27)/b5-4-,24-19?. The van der Waals surface area contributed by atoms with Gasteiger partial charge in [0.1, 0.15) is 5.84 Å². The predicted octanol–water partition coefficient (Wildman–Crippen LogP) is 2.46. The zero-order chi connectivity index (χ0) is 20.0. The Hall–Kier alpha value is -1.89. The highest BCUT2D eigenvalue weighted by Crippen LogP contribution is 2.39. The first-order valence-corrected chi connectivity index (χ1v) is 10.3. The van der Waals surface area contributed by atoms with E-state index in [1.807, 2.05) is 23.1 Å². The van der Waals surface area contributed by atoms with Crippen LogP contribution in [0.1, 0.15) is 31.2 Å². The van der Waals surface area contributed by atoms with E-state index >= 15 is 0 Å². The van der Waals surface area contributed by atoms with Gasteiger partial charge in [-0.2, -0.15) is 0 Å². The quantitative estimate of drug-likeness (QED) is 0.399. The van der Waals surface area contributed by atoms with Gasteiger partial charge in [0.05, 0.1) is 13.2 Å². The van der Waals surface area contributed by atoms with Crippen molar-refractivity contribution in [2.45, 2.75) is 37.1 Å². The molecule has 1 heterocycles. The number of hydrogen-bond donors (Lipinski definition) is 3. The van der Waals surface area contributed by atoms with Crippen molar-refractivity contribution in [1.82, 2.24) is 10.2 Å². The molecule has 2 fully saturated rings. The summed E-state index contributed by atoms with van der Waals surface area (Å²) in [5.74, 6) is 0.205. The lowest BCUT2D eigenvalue weighted by atomic mass is 9.68. The van der Waals surface area contributed by atoms with Gasteiger partial charge in [-0.15, -0.1) is 0 Å². The molecule has 1 amide bonds. The van der Waals surface area contributed by atoms with E-state index in [1.165, 1.54) is 11.6 Å². The Labute approximate surface area is 171 Å². The van der Waals surface area contributed by atoms with Crippen LogP contribution in [0.5, 0.6) is 0 Å². The van der Waals surface area contributed by atoms with Crippen LogP contribution in [0.25, 0.3) is 0 Å². The Morgan fingerprint density at radius 3 is 2.68 bits per heavy atom. The number of rotatable bonds is 5. The molecule has 0 bridgehead atoms. The number of carbonyl (C=O) groups is 1. The zero-order valence-electron chi connectivity index (χ0n) is 16.1. The summed E-state index contributed by atoms with van der Waals surface area (Å²) < 4.78 is 5.28. The van der Waals surface area contributed by atoms with Crippen LogP contribution in [-0.4, -0.2) is 55.5 Å². The first-order chi connectivity index (χ1) is 13.5. The number of nitrogens with one attached hydrogen (secondary N) is 2. The molecule has 152 valence electrons. The lowest BCUT2D eigenvalue weighted by Crippen LogP contribution is -2.45. The summed E-state index contributed by atoms with van der Waals surface area (Å²) in [5, 5.41) is 11.9. The third-order valence-electron chi connectivity index (χ3n) is 5.86. The van der Waals surface area contributed by atoms with E-state index in [1.54, 1.807) is 6.08 Å². The van der Waals surface area contributed by atoms with Crippen LogP contribution >= 0.6 is 11.6 Å². The van der Waals surface area contributed by atoms with E-state index in [0.717, 1.165) is 30.7 Å². The number of nitrogens with zero attached hydrogens (tertiary/aromatic N) is 1. The number of amidine groups is 1. The highest BCUT2D eigenvalue weighted by Gasteiger charge is 2.36. The van der Waals surface area contributed by atoms with Crippen molar-refractivity contribution in [3.8, 4) is 0 Å². The van der Waals surface area contributed by atoms with Gasteiger partial charge in [0, 0.05) is 42.2 Å². The maximum Gasteiger partial charge on any atom is 0.244 e. The second-order valence-corrected chi connectivity index (χ2v) is 8.03. The fourth-order valence-electron chi connectivity index (χ4n) is 4.06. The fourth-order valence-corrected chi connectivity index (χ4v) is 4.25. The van der Waals surface area contributed by atoms with Crippen LogP contribution < -0.4 is 11.1 Å². The molecule has 0 atom stereocenters. The first-order valence-electron chi connectivity index (χ1n) is 9.88. The van der Waals surface area contributed by atoms with Crippen LogP contribution in [0.15, 0.2) is 36.4 Å². The Balaban J connectivity index is 1.51. The summed E-state index contributed by atoms with van der Waals surface area (Å²) in [6, 6.07) is 8.08. The number of amides is 1. The van der Waals surface area contributed by atoms with Crippen LogP contribution in [-0.2, 0) is 14.9 Å². The normalized spacial score (nSPS) is 25.6. The van der Waals surface area contributed by atoms with E-state index in [2.05, 4.69) is 11.4 Å². The molecule has 1 saturated carbocycles. The number of carbonyl (C=O) groups excluding carboxylic acids is 1. The average molecular weight is 405 g/mol. The van der Waals surface area contributed by atoms with Gasteiger partial charge < -0.3 is 20.7 Å². The van der Waals surface area contributed by atoms with E-state index < -0.39 is 0 Å². The van der Waals surface area contributed by atoms with Crippen LogP contribution in [0, 0.1) is 5.41 Å². The van der Waals surface area contributed by atoms with Crippen LogP contribution in [0.3, 0.4) is 0 Å². The molecule has 0 radical (unpaired) electrons. The molecular formula is C21H29ClN4O2. The molecule has 3 rings (SSSR count). The van der Waals surface area contributed by atoms with Gasteiger partial charge in [-0.05, 0) is 49.5 Å². The van der Waals surface area contributed by atoms with Crippen LogP contribution in [0.2, 0.25) is 5.02 Å². The summed E-state index contributed by atoms with van der Waals surface area (Å²) in [7, 11) is 0. The van der Waals surface area contributed by atoms with E-state index in [4.69, 9.17) is 27.5 Å². The van der Waals surface area contributed by atoms with Crippen molar-refractivity contribution < 1.29 is 9.53 Å². The lowest BCUT2D eigenvalue weighted by molar-refractivity contribution is -0.117. The predicted molar refractivity (Wildman–Crippen MR) is 112 cm³/mol. The maximum absolute atomic E-state index is 12.3. The minimum atomic E-state index is -0.147. The van der Waals surface area contributed by atoms with Gasteiger partial charge in [-0.1, -0.05) is 23.7 Å². The van der Waals surface area contributed by atoms with E-state index in [0.29, 0.717) is 38.7 Å². The van der Waals surface area contributed by atoms with Crippen molar-refractivity contribution in [1.29, 1.82) is 5.41 Å². The topological polar surface area (TPSA) is 91.4 Å². The second-order valence-electron chi connectivity index (χ2n) is 7.60. The smallest absolute Gasteiger partial charge is 0.244 e. The van der Waals surface area contributed by atoms with Gasteiger partial charge in [0.2, 0.25) is 5.91 Å². The number of morpholine rings is 1. The molecule has 7 heteroatoms. The molecule has 1 saturated heterocycles. The third kappa shape index (κ3) is 5.13. The second kappa shape index (κ2) is 9.54. The Morgan fingerprint density at radius 1 is 1.32 bits per heavy atom. The van der Waals surface area contributed by atoms with Gasteiger partial charge in [0.25, 0.3) is 0 Å². The Bertz CT molecular complexity index is 723. The highest BCUT2D eigenvalue weighted by molar-refractivity contribution is 6.30. The molecule has 2 aliphatic rings. The van der Waals surface area contributed by atoms with Gasteiger partial charge >= 0.3 is 0 Å². The Morgan fingerprint density at radius 2 is 2.04 bits per heavy atom. The SMILES string of the molecule is N=C(/C=C\C(=O)NC1CCC(CN)(c2cccc(Cl)c2)CC1)N1CCOCC1. The molecule has 1 aromatic carbocycles. The van der Waals surface area contributed by atoms with Crippen molar-refractivity contribution in [2.24, 2.45) is 5.73 Å². The fraction of sp³-hybridized carbons (Fsp3) is 0.524. The summed E-state index contributed by atoms with van der Waals surface area (Å²) >= 11 is 6.16. The van der Waals surface area contributed by atoms with Crippen molar-refractivity contribution >= 4 is 23.3 Å². The number of benzene rings is 1. The molecule has 4 N–H and O–H groups in total. The monoisotopic (exact) mass is 404 g/mol.